The van der Waals surface area contributed by atoms with Gasteiger partial charge in [-0.2, -0.15) is 5.26 Å². The molecule has 2 aromatic rings. The largest absolute Gasteiger partial charge is 0.484 e. The number of para-hydroxylation sites is 1. The van der Waals surface area contributed by atoms with Gasteiger partial charge in [0.05, 0.1) is 5.39 Å². The van der Waals surface area contributed by atoms with Crippen molar-refractivity contribution in [2.24, 2.45) is 0 Å². The van der Waals surface area contributed by atoms with E-state index in [2.05, 4.69) is 5.32 Å². The maximum atomic E-state index is 9.02. The lowest BCUT2D eigenvalue weighted by Gasteiger charge is -2.12. The zero-order chi connectivity index (χ0) is 12.3. The van der Waals surface area contributed by atoms with Crippen molar-refractivity contribution in [3.63, 3.8) is 0 Å². The third kappa shape index (κ3) is 2.24. The van der Waals surface area contributed by atoms with E-state index in [0.717, 1.165) is 5.39 Å². The van der Waals surface area contributed by atoms with E-state index >= 15 is 0 Å². The Morgan fingerprint density at radius 3 is 2.94 bits per heavy atom. The maximum Gasteiger partial charge on any atom is 0.246 e. The summed E-state index contributed by atoms with van der Waals surface area (Å²) in [5.74, 6) is 0.764. The van der Waals surface area contributed by atoms with Crippen molar-refractivity contribution in [3.05, 3.63) is 30.0 Å². The first-order valence-corrected chi connectivity index (χ1v) is 5.49. The van der Waals surface area contributed by atoms with E-state index in [0.29, 0.717) is 17.9 Å². The van der Waals surface area contributed by atoms with Gasteiger partial charge in [-0.15, -0.1) is 0 Å². The van der Waals surface area contributed by atoms with Gasteiger partial charge < -0.3 is 14.5 Å². The molecule has 88 valence electrons. The minimum atomic E-state index is -0.0203. The Labute approximate surface area is 99.8 Å². The number of likely N-dealkylation sites (N-methyl/N-ethyl adjacent to an activating group) is 1. The van der Waals surface area contributed by atoms with Crippen LogP contribution >= 0.6 is 0 Å². The average Bonchev–Trinajstić information content (AvgIpc) is 2.68. The van der Waals surface area contributed by atoms with Crippen LogP contribution in [-0.2, 0) is 0 Å². The number of benzene rings is 1. The molecule has 0 aliphatic rings. The molecule has 0 radical (unpaired) electrons. The number of hydrogen-bond acceptors (Lipinski definition) is 4. The van der Waals surface area contributed by atoms with Crippen LogP contribution in [0.15, 0.2) is 28.7 Å². The number of ether oxygens (including phenoxy) is 1. The highest BCUT2D eigenvalue weighted by molar-refractivity contribution is 5.86. The molecule has 1 aromatic carbocycles. The molecule has 4 heteroatoms. The lowest BCUT2D eigenvalue weighted by molar-refractivity contribution is 0.220. The molecule has 1 aromatic heterocycles. The number of nitrogens with zero attached hydrogens (tertiary/aromatic N) is 1. The zero-order valence-electron chi connectivity index (χ0n) is 9.86. The monoisotopic (exact) mass is 230 g/mol. The zero-order valence-corrected chi connectivity index (χ0v) is 9.86. The van der Waals surface area contributed by atoms with Gasteiger partial charge in [0, 0.05) is 6.54 Å². The van der Waals surface area contributed by atoms with Crippen LogP contribution in [0.3, 0.4) is 0 Å². The summed E-state index contributed by atoms with van der Waals surface area (Å²) < 4.78 is 11.2. The van der Waals surface area contributed by atoms with Gasteiger partial charge in [0.25, 0.3) is 0 Å². The normalized spacial score (nSPS) is 12.3. The fourth-order valence-corrected chi connectivity index (χ4v) is 1.74. The molecular weight excluding hydrogens is 216 g/mol. The van der Waals surface area contributed by atoms with E-state index in [1.807, 2.05) is 44.3 Å². The average molecular weight is 230 g/mol. The van der Waals surface area contributed by atoms with Crippen LogP contribution in [0.4, 0.5) is 0 Å². The molecule has 17 heavy (non-hydrogen) atoms. The molecule has 2 rings (SSSR count). The lowest BCUT2D eigenvalue weighted by atomic mass is 10.2. The van der Waals surface area contributed by atoms with Gasteiger partial charge in [-0.1, -0.05) is 12.1 Å². The molecule has 1 unspecified atom stereocenters. The quantitative estimate of drug-likeness (QED) is 0.875. The van der Waals surface area contributed by atoms with Gasteiger partial charge in [-0.3, -0.25) is 0 Å². The van der Waals surface area contributed by atoms with Gasteiger partial charge in [0.15, 0.2) is 5.75 Å². The van der Waals surface area contributed by atoms with Gasteiger partial charge >= 0.3 is 0 Å². The van der Waals surface area contributed by atoms with E-state index in [-0.39, 0.29) is 11.9 Å². The van der Waals surface area contributed by atoms with Crippen LogP contribution in [0, 0.1) is 11.3 Å². The molecule has 0 spiro atoms. The second kappa shape index (κ2) is 4.89. The number of rotatable bonds is 4. The highest BCUT2D eigenvalue weighted by Gasteiger charge is 2.16. The minimum absolute atomic E-state index is 0.0203. The maximum absolute atomic E-state index is 9.02. The second-order valence-corrected chi connectivity index (χ2v) is 3.85. The van der Waals surface area contributed by atoms with Crippen molar-refractivity contribution in [1.82, 2.24) is 5.32 Å². The molecule has 0 fully saturated rings. The molecule has 0 amide bonds. The summed E-state index contributed by atoms with van der Waals surface area (Å²) in [6.07, 6.45) is -0.0203. The first kappa shape index (κ1) is 11.5. The van der Waals surface area contributed by atoms with Crippen LogP contribution in [0.1, 0.15) is 12.7 Å². The lowest BCUT2D eigenvalue weighted by Crippen LogP contribution is -2.26. The van der Waals surface area contributed by atoms with Gasteiger partial charge in [-0.25, -0.2) is 0 Å². The molecule has 1 heterocycles. The molecule has 0 saturated heterocycles. The van der Waals surface area contributed by atoms with Crippen molar-refractivity contribution >= 4 is 11.0 Å². The van der Waals surface area contributed by atoms with E-state index in [4.69, 9.17) is 14.4 Å². The van der Waals surface area contributed by atoms with Crippen LogP contribution < -0.4 is 10.1 Å². The Hall–Kier alpha value is -1.99. The number of furan rings is 1. The van der Waals surface area contributed by atoms with Gasteiger partial charge in [0.2, 0.25) is 5.76 Å². The van der Waals surface area contributed by atoms with Crippen molar-refractivity contribution in [2.75, 3.05) is 13.6 Å². The summed E-state index contributed by atoms with van der Waals surface area (Å²) in [4.78, 5) is 0. The van der Waals surface area contributed by atoms with Crippen molar-refractivity contribution in [3.8, 4) is 11.8 Å². The van der Waals surface area contributed by atoms with Crippen LogP contribution in [0.2, 0.25) is 0 Å². The highest BCUT2D eigenvalue weighted by Crippen LogP contribution is 2.33. The Balaban J connectivity index is 2.40. The number of nitriles is 1. The summed E-state index contributed by atoms with van der Waals surface area (Å²) in [6, 6.07) is 9.50. The molecular formula is C13H14N2O2. The van der Waals surface area contributed by atoms with E-state index in [1.54, 1.807) is 0 Å². The van der Waals surface area contributed by atoms with Crippen molar-refractivity contribution < 1.29 is 9.15 Å². The molecule has 1 N–H and O–H groups in total. The SMILES string of the molecule is CNCC(C)Oc1c(C#N)oc2ccccc12. The summed E-state index contributed by atoms with van der Waals surface area (Å²) >= 11 is 0. The molecule has 0 aliphatic heterocycles. The predicted molar refractivity (Wildman–Crippen MR) is 64.9 cm³/mol. The third-order valence-corrected chi connectivity index (χ3v) is 2.46. The number of fused-ring (bicyclic) bond motifs is 1. The molecule has 0 saturated carbocycles. The minimum Gasteiger partial charge on any atom is -0.484 e. The Morgan fingerprint density at radius 2 is 2.24 bits per heavy atom. The summed E-state index contributed by atoms with van der Waals surface area (Å²) in [5, 5.41) is 12.9. The van der Waals surface area contributed by atoms with Gasteiger partial charge in [0.1, 0.15) is 17.8 Å². The number of nitrogens with one attached hydrogen (secondary N) is 1. The summed E-state index contributed by atoms with van der Waals surface area (Å²) in [5.41, 5.74) is 0.677. The van der Waals surface area contributed by atoms with Crippen LogP contribution in [0.25, 0.3) is 11.0 Å². The standard InChI is InChI=1S/C13H14N2O2/c1-9(8-15-2)16-13-10-5-3-4-6-11(10)17-12(13)7-14/h3-6,9,15H,8H2,1-2H3. The number of hydrogen-bond donors (Lipinski definition) is 1. The topological polar surface area (TPSA) is 58.2 Å². The molecule has 0 bridgehead atoms. The van der Waals surface area contributed by atoms with Crippen molar-refractivity contribution in [1.29, 1.82) is 5.26 Å². The predicted octanol–water partition coefficient (Wildman–Crippen LogP) is 2.29. The molecule has 1 atom stereocenters. The molecule has 0 aliphatic carbocycles. The first-order valence-electron chi connectivity index (χ1n) is 5.49. The molecule has 4 nitrogen and oxygen atoms in total. The highest BCUT2D eigenvalue weighted by atomic mass is 16.5. The smallest absolute Gasteiger partial charge is 0.246 e. The van der Waals surface area contributed by atoms with Crippen LogP contribution in [0.5, 0.6) is 5.75 Å². The van der Waals surface area contributed by atoms with E-state index < -0.39 is 0 Å². The fraction of sp³-hybridized carbons (Fsp3) is 0.308. The van der Waals surface area contributed by atoms with Crippen LogP contribution in [-0.4, -0.2) is 19.7 Å². The second-order valence-electron chi connectivity index (χ2n) is 3.85. The summed E-state index contributed by atoms with van der Waals surface area (Å²) in [6.45, 7) is 2.66. The summed E-state index contributed by atoms with van der Waals surface area (Å²) in [7, 11) is 1.86. The Morgan fingerprint density at radius 1 is 1.47 bits per heavy atom. The van der Waals surface area contributed by atoms with Crippen molar-refractivity contribution in [2.45, 2.75) is 13.0 Å². The van der Waals surface area contributed by atoms with E-state index in [9.17, 15) is 0 Å². The third-order valence-electron chi connectivity index (χ3n) is 2.46. The fourth-order valence-electron chi connectivity index (χ4n) is 1.74. The van der Waals surface area contributed by atoms with E-state index in [1.165, 1.54) is 0 Å². The van der Waals surface area contributed by atoms with Gasteiger partial charge in [-0.05, 0) is 26.1 Å². The Bertz CT molecular complexity index is 554. The first-order chi connectivity index (χ1) is 8.26. The Kier molecular flexibility index (Phi) is 3.31.